The fourth-order valence-corrected chi connectivity index (χ4v) is 4.28. The second-order valence-electron chi connectivity index (χ2n) is 6.23. The van der Waals surface area contributed by atoms with E-state index in [1.165, 1.54) is 4.57 Å². The predicted octanol–water partition coefficient (Wildman–Crippen LogP) is 1.89. The molecule has 2 aromatic rings. The van der Waals surface area contributed by atoms with Gasteiger partial charge >= 0.3 is 16.8 Å². The number of para-hydroxylation sites is 1. The minimum Gasteiger partial charge on any atom is -0.478 e. The Labute approximate surface area is 168 Å². The first-order chi connectivity index (χ1) is 13.3. The van der Waals surface area contributed by atoms with E-state index in [-0.39, 0.29) is 23.4 Å². The number of carbonyl (C=O) groups excluding carboxylic acids is 2. The maximum Gasteiger partial charge on any atom is 0.331 e. The van der Waals surface area contributed by atoms with E-state index in [0.29, 0.717) is 36.5 Å². The Morgan fingerprint density at radius 2 is 1.96 bits per heavy atom. The highest BCUT2D eigenvalue weighted by atomic mass is 35.5. The van der Waals surface area contributed by atoms with Gasteiger partial charge in [0.2, 0.25) is 5.91 Å². The molecular weight excluding hydrogens is 408 g/mol. The minimum absolute atomic E-state index is 0.103. The Bertz CT molecular complexity index is 1000. The maximum absolute atomic E-state index is 12.6. The molecule has 28 heavy (non-hydrogen) atoms. The fourth-order valence-electron chi connectivity index (χ4n) is 3.03. The third-order valence-corrected chi connectivity index (χ3v) is 5.62. The van der Waals surface area contributed by atoms with Crippen molar-refractivity contribution in [3.8, 4) is 0 Å². The van der Waals surface area contributed by atoms with Crippen molar-refractivity contribution < 1.29 is 24.2 Å². The van der Waals surface area contributed by atoms with E-state index in [4.69, 9.17) is 21.4 Å². The van der Waals surface area contributed by atoms with E-state index in [1.807, 2.05) is 0 Å². The largest absolute Gasteiger partial charge is 0.478 e. The highest BCUT2D eigenvalue weighted by molar-refractivity contribution is 7.16. The molecule has 0 saturated carbocycles. The van der Waals surface area contributed by atoms with Crippen molar-refractivity contribution in [2.75, 3.05) is 13.1 Å². The molecule has 1 saturated heterocycles. The Balaban J connectivity index is 1.59. The van der Waals surface area contributed by atoms with Crippen LogP contribution in [-0.4, -0.2) is 51.6 Å². The molecule has 10 heteroatoms. The van der Waals surface area contributed by atoms with Crippen molar-refractivity contribution in [2.24, 2.45) is 0 Å². The third-order valence-electron chi connectivity index (χ3n) is 4.37. The van der Waals surface area contributed by atoms with Gasteiger partial charge in [-0.15, -0.1) is 0 Å². The average Bonchev–Trinajstić information content (AvgIpc) is 2.97. The number of ether oxygens (including phenoxy) is 1. The number of nitrogens with zero attached hydrogens (tertiary/aromatic N) is 2. The van der Waals surface area contributed by atoms with Crippen LogP contribution in [0.1, 0.15) is 12.8 Å². The van der Waals surface area contributed by atoms with E-state index in [2.05, 4.69) is 0 Å². The summed E-state index contributed by atoms with van der Waals surface area (Å²) < 4.78 is 7.28. The van der Waals surface area contributed by atoms with E-state index in [1.54, 1.807) is 23.1 Å². The number of carbonyl (C=O) groups is 3. The molecule has 1 aromatic carbocycles. The number of esters is 1. The molecular formula is C18H17ClN2O6S. The van der Waals surface area contributed by atoms with E-state index in [9.17, 15) is 19.2 Å². The molecule has 0 unspecified atom stereocenters. The van der Waals surface area contributed by atoms with Gasteiger partial charge in [0.15, 0.2) is 0 Å². The third kappa shape index (κ3) is 4.60. The summed E-state index contributed by atoms with van der Waals surface area (Å²) in [5.41, 5.74) is 0.557. The number of thiazole rings is 1. The Hall–Kier alpha value is -2.65. The highest BCUT2D eigenvalue weighted by Gasteiger charge is 2.26. The molecule has 0 bridgehead atoms. The van der Waals surface area contributed by atoms with Crippen LogP contribution in [0.3, 0.4) is 0 Å². The molecule has 1 amide bonds. The number of likely N-dealkylation sites (tertiary alicyclic amines) is 1. The first-order valence-corrected chi connectivity index (χ1v) is 9.72. The summed E-state index contributed by atoms with van der Waals surface area (Å²) in [5.74, 6) is -2.16. The number of fused-ring (bicyclic) bond motifs is 1. The van der Waals surface area contributed by atoms with Crippen LogP contribution in [0.15, 0.2) is 35.1 Å². The van der Waals surface area contributed by atoms with Gasteiger partial charge < -0.3 is 14.7 Å². The predicted molar refractivity (Wildman–Crippen MR) is 104 cm³/mol. The molecule has 0 spiro atoms. The molecule has 8 nitrogen and oxygen atoms in total. The number of halogens is 1. The zero-order valence-electron chi connectivity index (χ0n) is 14.7. The van der Waals surface area contributed by atoms with Gasteiger partial charge in [-0.3, -0.25) is 14.2 Å². The fraction of sp³-hybridized carbons (Fsp3) is 0.333. The topological polar surface area (TPSA) is 106 Å². The number of carboxylic acids is 1. The standard InChI is InChI=1S/C18H17ClN2O6S/c19-12-2-1-3-13-17(12)21(18(26)28-13)10-14(22)20-8-6-11(7-9-20)27-16(25)5-4-15(23)24/h1-5,11H,6-10H2,(H,23,24)/b5-4+. The SMILES string of the molecule is O=C(O)/C=C/C(=O)OC1CCN(C(=O)Cn2c(=O)sc3cccc(Cl)c32)CC1. The van der Waals surface area contributed by atoms with Crippen molar-refractivity contribution in [1.82, 2.24) is 9.47 Å². The van der Waals surface area contributed by atoms with Crippen LogP contribution in [0, 0.1) is 0 Å². The van der Waals surface area contributed by atoms with Crippen molar-refractivity contribution in [1.29, 1.82) is 0 Å². The van der Waals surface area contributed by atoms with Crippen molar-refractivity contribution >= 4 is 51.0 Å². The summed E-state index contributed by atoms with van der Waals surface area (Å²) in [6, 6.07) is 5.22. The van der Waals surface area contributed by atoms with Crippen LogP contribution in [-0.2, 0) is 25.7 Å². The normalized spacial score (nSPS) is 15.2. The Morgan fingerprint density at radius 1 is 1.25 bits per heavy atom. The zero-order chi connectivity index (χ0) is 20.3. The molecule has 1 N–H and O–H groups in total. The molecule has 0 atom stereocenters. The van der Waals surface area contributed by atoms with E-state index >= 15 is 0 Å². The summed E-state index contributed by atoms with van der Waals surface area (Å²) in [5, 5.41) is 8.92. The molecule has 1 aliphatic heterocycles. The summed E-state index contributed by atoms with van der Waals surface area (Å²) in [7, 11) is 0. The summed E-state index contributed by atoms with van der Waals surface area (Å²) >= 11 is 7.23. The van der Waals surface area contributed by atoms with Crippen molar-refractivity contribution in [3.63, 3.8) is 0 Å². The summed E-state index contributed by atoms with van der Waals surface area (Å²) in [6.07, 6.45) is 2.08. The highest BCUT2D eigenvalue weighted by Crippen LogP contribution is 2.25. The molecule has 0 aliphatic carbocycles. The molecule has 0 radical (unpaired) electrons. The van der Waals surface area contributed by atoms with Crippen molar-refractivity contribution in [2.45, 2.75) is 25.5 Å². The summed E-state index contributed by atoms with van der Waals surface area (Å²) in [4.78, 5) is 48.2. The van der Waals surface area contributed by atoms with Gasteiger partial charge in [0.25, 0.3) is 0 Å². The van der Waals surface area contributed by atoms with E-state index in [0.717, 1.165) is 28.2 Å². The maximum atomic E-state index is 12.6. The second kappa shape index (κ2) is 8.57. The van der Waals surface area contributed by atoms with Gasteiger partial charge in [-0.1, -0.05) is 29.0 Å². The van der Waals surface area contributed by atoms with Crippen LogP contribution in [0.4, 0.5) is 0 Å². The smallest absolute Gasteiger partial charge is 0.331 e. The number of rotatable bonds is 5. The van der Waals surface area contributed by atoms with E-state index < -0.39 is 11.9 Å². The van der Waals surface area contributed by atoms with Gasteiger partial charge in [-0.05, 0) is 12.1 Å². The lowest BCUT2D eigenvalue weighted by Crippen LogP contribution is -2.43. The molecule has 1 fully saturated rings. The molecule has 148 valence electrons. The Kier molecular flexibility index (Phi) is 6.15. The van der Waals surface area contributed by atoms with Gasteiger partial charge in [-0.25, -0.2) is 9.59 Å². The molecule has 2 heterocycles. The second-order valence-corrected chi connectivity index (χ2v) is 7.63. The monoisotopic (exact) mass is 424 g/mol. The van der Waals surface area contributed by atoms with Crippen LogP contribution >= 0.6 is 22.9 Å². The van der Waals surface area contributed by atoms with Gasteiger partial charge in [0.1, 0.15) is 12.6 Å². The van der Waals surface area contributed by atoms with Crippen LogP contribution < -0.4 is 4.87 Å². The first kappa shape index (κ1) is 20.1. The molecule has 1 aromatic heterocycles. The van der Waals surface area contributed by atoms with Crippen molar-refractivity contribution in [3.05, 3.63) is 45.0 Å². The number of hydrogen-bond acceptors (Lipinski definition) is 6. The number of piperidine rings is 1. The number of carboxylic acid groups (broad SMARTS) is 1. The molecule has 3 rings (SSSR count). The average molecular weight is 425 g/mol. The van der Waals surface area contributed by atoms with Gasteiger partial charge in [-0.2, -0.15) is 0 Å². The number of aliphatic carboxylic acids is 1. The lowest BCUT2D eigenvalue weighted by molar-refractivity contribution is -0.147. The van der Waals surface area contributed by atoms with Crippen LogP contribution in [0.25, 0.3) is 10.2 Å². The van der Waals surface area contributed by atoms with Gasteiger partial charge in [0, 0.05) is 38.1 Å². The first-order valence-electron chi connectivity index (χ1n) is 8.52. The molecule has 1 aliphatic rings. The quantitative estimate of drug-likeness (QED) is 0.580. The number of hydrogen-bond donors (Lipinski definition) is 1. The number of benzene rings is 1. The van der Waals surface area contributed by atoms with Gasteiger partial charge in [0.05, 0.1) is 15.2 Å². The van der Waals surface area contributed by atoms with Crippen LogP contribution in [0.2, 0.25) is 5.02 Å². The zero-order valence-corrected chi connectivity index (χ0v) is 16.2. The number of aromatic nitrogens is 1. The summed E-state index contributed by atoms with van der Waals surface area (Å²) in [6.45, 7) is 0.655. The number of amides is 1. The van der Waals surface area contributed by atoms with Crippen LogP contribution in [0.5, 0.6) is 0 Å². The lowest BCUT2D eigenvalue weighted by atomic mass is 10.1. The lowest BCUT2D eigenvalue weighted by Gasteiger charge is -2.31. The minimum atomic E-state index is -1.23. The Morgan fingerprint density at radius 3 is 2.64 bits per heavy atom.